The maximum atomic E-state index is 6.34. The van der Waals surface area contributed by atoms with Crippen LogP contribution in [0.3, 0.4) is 0 Å². The molecule has 0 aliphatic heterocycles. The van der Waals surface area contributed by atoms with Gasteiger partial charge < -0.3 is 13.6 Å². The fourth-order valence-electron chi connectivity index (χ4n) is 8.67. The minimum absolute atomic E-state index is 0.690. The van der Waals surface area contributed by atoms with Crippen LogP contribution >= 0.6 is 0 Å². The SMILES string of the molecule is c1ccc(-c2nc(-c3ccc4c(c3)c3ccccc3n4-c3cccc(-n4c5ccccc5c5c6c(ccc54)oc4ccccc46)c3)n(-c3ccccc3)n2)cc1. The van der Waals surface area contributed by atoms with Crippen molar-refractivity contribution in [3.05, 3.63) is 188 Å². The minimum atomic E-state index is 0.690. The zero-order chi connectivity index (χ0) is 36.7. The first-order valence-electron chi connectivity index (χ1n) is 18.8. The van der Waals surface area contributed by atoms with Crippen molar-refractivity contribution in [3.63, 3.8) is 0 Å². The van der Waals surface area contributed by atoms with Crippen molar-refractivity contribution in [2.24, 2.45) is 0 Å². The molecule has 4 heterocycles. The first-order valence-corrected chi connectivity index (χ1v) is 18.8. The van der Waals surface area contributed by atoms with E-state index in [4.69, 9.17) is 14.5 Å². The molecule has 6 heteroatoms. The lowest BCUT2D eigenvalue weighted by atomic mass is 10.1. The van der Waals surface area contributed by atoms with Gasteiger partial charge in [0.1, 0.15) is 11.2 Å². The van der Waals surface area contributed by atoms with Gasteiger partial charge in [-0.2, -0.15) is 0 Å². The molecule has 0 radical (unpaired) electrons. The molecular formula is C50H31N5O. The van der Waals surface area contributed by atoms with Gasteiger partial charge in [-0.3, -0.25) is 0 Å². The third-order valence-electron chi connectivity index (χ3n) is 11.1. The molecule has 0 fully saturated rings. The van der Waals surface area contributed by atoms with Crippen LogP contribution in [0.1, 0.15) is 0 Å². The second kappa shape index (κ2) is 11.9. The van der Waals surface area contributed by atoms with E-state index in [9.17, 15) is 0 Å². The van der Waals surface area contributed by atoms with Crippen molar-refractivity contribution in [3.8, 4) is 39.8 Å². The van der Waals surface area contributed by atoms with E-state index in [1.54, 1.807) is 0 Å². The smallest absolute Gasteiger partial charge is 0.182 e. The normalized spacial score (nSPS) is 11.9. The number of nitrogens with zero attached hydrogens (tertiary/aromatic N) is 5. The molecule has 0 spiro atoms. The number of furan rings is 1. The third kappa shape index (κ3) is 4.50. The number of hydrogen-bond acceptors (Lipinski definition) is 3. The molecule has 262 valence electrons. The van der Waals surface area contributed by atoms with Gasteiger partial charge in [-0.1, -0.05) is 109 Å². The van der Waals surface area contributed by atoms with Gasteiger partial charge >= 0.3 is 0 Å². The quantitative estimate of drug-likeness (QED) is 0.178. The Morgan fingerprint density at radius 2 is 0.982 bits per heavy atom. The molecule has 0 saturated heterocycles. The molecule has 0 aliphatic rings. The molecule has 6 nitrogen and oxygen atoms in total. The van der Waals surface area contributed by atoms with Crippen LogP contribution in [0.15, 0.2) is 192 Å². The summed E-state index contributed by atoms with van der Waals surface area (Å²) in [6.07, 6.45) is 0. The van der Waals surface area contributed by atoms with E-state index >= 15 is 0 Å². The number of para-hydroxylation sites is 4. The van der Waals surface area contributed by atoms with Crippen LogP contribution in [0.4, 0.5) is 0 Å². The molecule has 0 aliphatic carbocycles. The Balaban J connectivity index is 1.06. The molecule has 4 aromatic heterocycles. The topological polar surface area (TPSA) is 53.7 Å². The van der Waals surface area contributed by atoms with E-state index in [1.807, 2.05) is 47.1 Å². The monoisotopic (exact) mass is 717 g/mol. The van der Waals surface area contributed by atoms with Crippen LogP contribution in [-0.2, 0) is 0 Å². The predicted octanol–water partition coefficient (Wildman–Crippen LogP) is 12.7. The highest BCUT2D eigenvalue weighted by atomic mass is 16.3. The van der Waals surface area contributed by atoms with E-state index in [0.29, 0.717) is 5.82 Å². The van der Waals surface area contributed by atoms with Gasteiger partial charge in [-0.15, -0.1) is 5.10 Å². The summed E-state index contributed by atoms with van der Waals surface area (Å²) in [5, 5.41) is 12.0. The summed E-state index contributed by atoms with van der Waals surface area (Å²) < 4.78 is 13.1. The van der Waals surface area contributed by atoms with Gasteiger partial charge in [-0.05, 0) is 78.9 Å². The van der Waals surface area contributed by atoms with E-state index < -0.39 is 0 Å². The van der Waals surface area contributed by atoms with Crippen molar-refractivity contribution < 1.29 is 4.42 Å². The highest BCUT2D eigenvalue weighted by Crippen LogP contribution is 2.42. The first-order chi connectivity index (χ1) is 27.8. The molecule has 0 saturated carbocycles. The van der Waals surface area contributed by atoms with Gasteiger partial charge in [0.05, 0.1) is 27.8 Å². The first kappa shape index (κ1) is 30.7. The fourth-order valence-corrected chi connectivity index (χ4v) is 8.67. The van der Waals surface area contributed by atoms with Gasteiger partial charge in [-0.25, -0.2) is 9.67 Å². The Labute approximate surface area is 320 Å². The summed E-state index contributed by atoms with van der Waals surface area (Å²) in [5.41, 5.74) is 11.5. The summed E-state index contributed by atoms with van der Waals surface area (Å²) in [6, 6.07) is 66.0. The fraction of sp³-hybridized carbons (Fsp3) is 0. The van der Waals surface area contributed by atoms with Crippen molar-refractivity contribution >= 4 is 65.6 Å². The van der Waals surface area contributed by atoms with Gasteiger partial charge in [0, 0.05) is 54.8 Å². The lowest BCUT2D eigenvalue weighted by Gasteiger charge is -2.13. The molecule has 12 rings (SSSR count). The highest BCUT2D eigenvalue weighted by molar-refractivity contribution is 6.27. The molecule has 0 unspecified atom stereocenters. The summed E-state index contributed by atoms with van der Waals surface area (Å²) in [6.45, 7) is 0. The van der Waals surface area contributed by atoms with E-state index in [-0.39, 0.29) is 0 Å². The number of rotatable bonds is 5. The van der Waals surface area contributed by atoms with Crippen molar-refractivity contribution in [1.82, 2.24) is 23.9 Å². The maximum Gasteiger partial charge on any atom is 0.182 e. The highest BCUT2D eigenvalue weighted by Gasteiger charge is 2.21. The van der Waals surface area contributed by atoms with Crippen LogP contribution in [-0.4, -0.2) is 23.9 Å². The summed E-state index contributed by atoms with van der Waals surface area (Å²) >= 11 is 0. The van der Waals surface area contributed by atoms with Crippen LogP contribution < -0.4 is 0 Å². The average Bonchev–Trinajstić information content (AvgIpc) is 4.04. The second-order valence-corrected chi connectivity index (χ2v) is 14.3. The predicted molar refractivity (Wildman–Crippen MR) is 228 cm³/mol. The number of hydrogen-bond donors (Lipinski definition) is 0. The van der Waals surface area contributed by atoms with Crippen molar-refractivity contribution in [2.45, 2.75) is 0 Å². The molecule has 56 heavy (non-hydrogen) atoms. The minimum Gasteiger partial charge on any atom is -0.456 e. The summed E-state index contributed by atoms with van der Waals surface area (Å²) in [4.78, 5) is 5.14. The summed E-state index contributed by atoms with van der Waals surface area (Å²) in [7, 11) is 0. The summed E-state index contributed by atoms with van der Waals surface area (Å²) in [5.74, 6) is 1.48. The standard InChI is InChI=1S/C50H31N5O/c1-3-14-32(15-4-1)49-51-50(55(52-49)34-16-5-2-6-17-34)33-26-27-43-40(30-33)37-20-7-10-23-41(37)53(43)35-18-13-19-36(31-35)54-42-24-11-8-21-38(42)47-44(54)28-29-46-48(47)39-22-9-12-25-45(39)56-46/h1-31H. The molecule has 0 N–H and O–H groups in total. The maximum absolute atomic E-state index is 6.34. The Bertz CT molecular complexity index is 3480. The van der Waals surface area contributed by atoms with Crippen LogP contribution in [0.25, 0.3) is 105 Å². The Morgan fingerprint density at radius 1 is 0.375 bits per heavy atom. The third-order valence-corrected chi connectivity index (χ3v) is 11.1. The molecule has 12 aromatic rings. The van der Waals surface area contributed by atoms with Crippen LogP contribution in [0, 0.1) is 0 Å². The second-order valence-electron chi connectivity index (χ2n) is 14.3. The van der Waals surface area contributed by atoms with Gasteiger partial charge in [0.25, 0.3) is 0 Å². The van der Waals surface area contributed by atoms with Gasteiger partial charge in [0.2, 0.25) is 0 Å². The number of benzene rings is 8. The molecule has 0 amide bonds. The lowest BCUT2D eigenvalue weighted by Crippen LogP contribution is -2.00. The number of fused-ring (bicyclic) bond motifs is 10. The average molecular weight is 718 g/mol. The molecule has 8 aromatic carbocycles. The van der Waals surface area contributed by atoms with E-state index in [0.717, 1.165) is 83.4 Å². The van der Waals surface area contributed by atoms with Crippen LogP contribution in [0.5, 0.6) is 0 Å². The zero-order valence-corrected chi connectivity index (χ0v) is 30.0. The molecular weight excluding hydrogens is 687 g/mol. The Hall–Kier alpha value is -7.70. The van der Waals surface area contributed by atoms with Gasteiger partial charge in [0.15, 0.2) is 11.6 Å². The molecule has 0 bridgehead atoms. The lowest BCUT2D eigenvalue weighted by molar-refractivity contribution is 0.669. The Morgan fingerprint density at radius 3 is 1.79 bits per heavy atom. The van der Waals surface area contributed by atoms with Crippen molar-refractivity contribution in [1.29, 1.82) is 0 Å². The van der Waals surface area contributed by atoms with Crippen LogP contribution in [0.2, 0.25) is 0 Å². The number of aromatic nitrogens is 5. The molecule has 0 atom stereocenters. The zero-order valence-electron chi connectivity index (χ0n) is 30.0. The Kier molecular flexibility index (Phi) is 6.53. The van der Waals surface area contributed by atoms with E-state index in [1.165, 1.54) is 16.2 Å². The van der Waals surface area contributed by atoms with Crippen molar-refractivity contribution in [2.75, 3.05) is 0 Å². The largest absolute Gasteiger partial charge is 0.456 e. The van der Waals surface area contributed by atoms with E-state index in [2.05, 4.69) is 155 Å².